The lowest BCUT2D eigenvalue weighted by molar-refractivity contribution is 0.0634. The number of nitrogens with one attached hydrogen (secondary N) is 4. The summed E-state index contributed by atoms with van der Waals surface area (Å²) in [5.41, 5.74) is 11.1. The van der Waals surface area contributed by atoms with Crippen LogP contribution in [0.2, 0.25) is 0 Å². The van der Waals surface area contributed by atoms with Crippen LogP contribution < -0.4 is 16.2 Å². The van der Waals surface area contributed by atoms with Gasteiger partial charge in [0.1, 0.15) is 17.7 Å². The van der Waals surface area contributed by atoms with Crippen LogP contribution in [0.5, 0.6) is 5.75 Å². The highest BCUT2D eigenvalue weighted by Gasteiger charge is 2.48. The van der Waals surface area contributed by atoms with Crippen LogP contribution >= 0.6 is 0 Å². The SMILES string of the molecule is CCc1cc(O)ccc1C1CCC2C(c3ncc(C4=CCN(C[C@@H]5COCCN5)CC4)[nH]3)NNC2C1F. The molecule has 1 aromatic carbocycles. The second-order valence-corrected chi connectivity index (χ2v) is 11.0. The summed E-state index contributed by atoms with van der Waals surface area (Å²) in [6.45, 7) is 7.54. The maximum Gasteiger partial charge on any atom is 0.125 e. The maximum atomic E-state index is 15.9. The molecule has 37 heavy (non-hydrogen) atoms. The van der Waals surface area contributed by atoms with Gasteiger partial charge in [-0.1, -0.05) is 19.1 Å². The van der Waals surface area contributed by atoms with Crippen LogP contribution in [-0.2, 0) is 11.2 Å². The average Bonchev–Trinajstić information content (AvgIpc) is 3.58. The molecule has 200 valence electrons. The summed E-state index contributed by atoms with van der Waals surface area (Å²) in [6.07, 6.45) is 6.70. The van der Waals surface area contributed by atoms with E-state index in [4.69, 9.17) is 9.72 Å². The van der Waals surface area contributed by atoms with Gasteiger partial charge in [0.25, 0.3) is 0 Å². The Labute approximate surface area is 218 Å². The van der Waals surface area contributed by atoms with Crippen molar-refractivity contribution in [3.63, 3.8) is 0 Å². The third-order valence-electron chi connectivity index (χ3n) is 8.75. The minimum Gasteiger partial charge on any atom is -0.508 e. The predicted octanol–water partition coefficient (Wildman–Crippen LogP) is 2.80. The zero-order valence-electron chi connectivity index (χ0n) is 21.5. The number of halogens is 1. The lowest BCUT2D eigenvalue weighted by Crippen LogP contribution is -2.49. The van der Waals surface area contributed by atoms with Crippen molar-refractivity contribution in [3.8, 4) is 5.75 Å². The molecule has 0 amide bonds. The Morgan fingerprint density at radius 3 is 2.95 bits per heavy atom. The van der Waals surface area contributed by atoms with Crippen LogP contribution in [0.25, 0.3) is 5.57 Å². The van der Waals surface area contributed by atoms with E-state index in [1.165, 1.54) is 5.57 Å². The number of imidazole rings is 1. The summed E-state index contributed by atoms with van der Waals surface area (Å²) in [5, 5.41) is 13.4. The van der Waals surface area contributed by atoms with Gasteiger partial charge in [-0.3, -0.25) is 10.3 Å². The molecule has 0 spiro atoms. The number of fused-ring (bicyclic) bond motifs is 1. The van der Waals surface area contributed by atoms with Gasteiger partial charge < -0.3 is 20.1 Å². The number of aromatic hydroxyl groups is 1. The summed E-state index contributed by atoms with van der Waals surface area (Å²) < 4.78 is 21.5. The molecule has 4 heterocycles. The van der Waals surface area contributed by atoms with E-state index in [0.717, 1.165) is 87.7 Å². The maximum absolute atomic E-state index is 15.9. The number of hydrazine groups is 1. The second-order valence-electron chi connectivity index (χ2n) is 11.0. The van der Waals surface area contributed by atoms with Gasteiger partial charge in [-0.25, -0.2) is 14.8 Å². The van der Waals surface area contributed by atoms with Gasteiger partial charge in [-0.15, -0.1) is 0 Å². The van der Waals surface area contributed by atoms with Crippen molar-refractivity contribution < 1.29 is 14.2 Å². The number of alkyl halides is 1. The van der Waals surface area contributed by atoms with Crippen LogP contribution in [0, 0.1) is 5.92 Å². The normalized spacial score (nSPS) is 32.8. The highest BCUT2D eigenvalue weighted by Crippen LogP contribution is 2.45. The fourth-order valence-electron chi connectivity index (χ4n) is 6.74. The summed E-state index contributed by atoms with van der Waals surface area (Å²) >= 11 is 0. The zero-order chi connectivity index (χ0) is 25.4. The smallest absolute Gasteiger partial charge is 0.125 e. The number of aromatic nitrogens is 2. The molecule has 6 atom stereocenters. The minimum absolute atomic E-state index is 0.0403. The Hall–Kier alpha value is -2.30. The van der Waals surface area contributed by atoms with Gasteiger partial charge in [0.05, 0.1) is 37.2 Å². The van der Waals surface area contributed by atoms with Crippen LogP contribution in [0.3, 0.4) is 0 Å². The molecule has 5 unspecified atom stereocenters. The van der Waals surface area contributed by atoms with Gasteiger partial charge in [-0.2, -0.15) is 0 Å². The summed E-state index contributed by atoms with van der Waals surface area (Å²) in [4.78, 5) is 10.8. The third kappa shape index (κ3) is 5.07. The number of aromatic amines is 1. The zero-order valence-corrected chi connectivity index (χ0v) is 21.5. The summed E-state index contributed by atoms with van der Waals surface area (Å²) in [7, 11) is 0. The molecule has 1 aliphatic carbocycles. The molecule has 4 aliphatic rings. The summed E-state index contributed by atoms with van der Waals surface area (Å²) in [6, 6.07) is 5.47. The topological polar surface area (TPSA) is 97.5 Å². The van der Waals surface area contributed by atoms with Gasteiger partial charge in [0, 0.05) is 44.1 Å². The first kappa shape index (κ1) is 25.0. The van der Waals surface area contributed by atoms with Crippen LogP contribution in [0.15, 0.2) is 30.5 Å². The monoisotopic (exact) mass is 510 g/mol. The van der Waals surface area contributed by atoms with Crippen molar-refractivity contribution in [2.45, 2.75) is 62.8 Å². The molecule has 3 fully saturated rings. The molecular formula is C28H39FN6O2. The standard InChI is InChI=1S/C28H39FN6O2/c1-2-17-13-20(36)3-4-21(17)22-5-6-23-26(25(22)29)33-34-27(23)28-31-14-24(32-28)18-7-10-35(11-8-18)15-19-16-37-12-9-30-19/h3-4,7,13-14,19,22-23,25-27,30,33-34,36H,2,5-6,8-12,15-16H2,1H3,(H,31,32)/t19-,22?,23?,25?,26?,27?/m1/s1. The van der Waals surface area contributed by atoms with Crippen molar-refractivity contribution >= 4 is 5.57 Å². The number of aryl methyl sites for hydroxylation is 1. The van der Waals surface area contributed by atoms with Crippen LogP contribution in [-0.4, -0.2) is 77.6 Å². The number of hydrogen-bond donors (Lipinski definition) is 5. The third-order valence-corrected chi connectivity index (χ3v) is 8.75. The molecule has 2 aromatic rings. The van der Waals surface area contributed by atoms with Crippen molar-refractivity contribution in [1.82, 2.24) is 31.0 Å². The first-order valence-electron chi connectivity index (χ1n) is 13.9. The molecular weight excluding hydrogens is 471 g/mol. The Morgan fingerprint density at radius 1 is 1.24 bits per heavy atom. The van der Waals surface area contributed by atoms with Gasteiger partial charge in [0.15, 0.2) is 0 Å². The molecule has 1 saturated carbocycles. The minimum atomic E-state index is -1.00. The number of phenols is 1. The molecule has 0 bridgehead atoms. The summed E-state index contributed by atoms with van der Waals surface area (Å²) in [5.74, 6) is 1.10. The number of hydrogen-bond acceptors (Lipinski definition) is 7. The van der Waals surface area contributed by atoms with E-state index in [-0.39, 0.29) is 29.7 Å². The predicted molar refractivity (Wildman–Crippen MR) is 141 cm³/mol. The van der Waals surface area contributed by atoms with E-state index in [2.05, 4.69) is 39.1 Å². The number of benzene rings is 1. The van der Waals surface area contributed by atoms with Crippen molar-refractivity contribution in [1.29, 1.82) is 0 Å². The van der Waals surface area contributed by atoms with E-state index < -0.39 is 6.17 Å². The fourth-order valence-corrected chi connectivity index (χ4v) is 6.74. The lowest BCUT2D eigenvalue weighted by atomic mass is 9.71. The number of phenolic OH excluding ortho intramolecular Hbond substituents is 1. The van der Waals surface area contributed by atoms with Crippen molar-refractivity contribution in [3.05, 3.63) is 53.1 Å². The largest absolute Gasteiger partial charge is 0.508 e. The number of H-pyrrole nitrogens is 1. The van der Waals surface area contributed by atoms with Crippen molar-refractivity contribution in [2.24, 2.45) is 5.92 Å². The number of ether oxygens (including phenoxy) is 1. The number of nitrogens with zero attached hydrogens (tertiary/aromatic N) is 2. The lowest BCUT2D eigenvalue weighted by Gasteiger charge is -2.36. The Balaban J connectivity index is 1.10. The van der Waals surface area contributed by atoms with Crippen LogP contribution in [0.1, 0.15) is 60.8 Å². The Kier molecular flexibility index (Phi) is 7.31. The molecule has 8 nitrogen and oxygen atoms in total. The van der Waals surface area contributed by atoms with Crippen LogP contribution in [0.4, 0.5) is 4.39 Å². The van der Waals surface area contributed by atoms with E-state index in [1.807, 2.05) is 12.3 Å². The fraction of sp³-hybridized carbons (Fsp3) is 0.607. The van der Waals surface area contributed by atoms with E-state index in [1.54, 1.807) is 12.1 Å². The van der Waals surface area contributed by atoms with E-state index in [9.17, 15) is 5.11 Å². The number of morpholine rings is 1. The highest BCUT2D eigenvalue weighted by atomic mass is 19.1. The molecule has 0 radical (unpaired) electrons. The van der Waals surface area contributed by atoms with E-state index in [0.29, 0.717) is 6.04 Å². The Bertz CT molecular complexity index is 1120. The first-order chi connectivity index (χ1) is 18.1. The molecule has 5 N–H and O–H groups in total. The highest BCUT2D eigenvalue weighted by molar-refractivity contribution is 5.63. The first-order valence-corrected chi connectivity index (χ1v) is 13.9. The van der Waals surface area contributed by atoms with E-state index >= 15 is 4.39 Å². The van der Waals surface area contributed by atoms with Gasteiger partial charge in [0.2, 0.25) is 0 Å². The molecule has 6 rings (SSSR count). The van der Waals surface area contributed by atoms with Gasteiger partial charge >= 0.3 is 0 Å². The number of rotatable bonds is 6. The molecule has 9 heteroatoms. The molecule has 2 saturated heterocycles. The second kappa shape index (κ2) is 10.8. The molecule has 1 aromatic heterocycles. The Morgan fingerprint density at radius 2 is 2.16 bits per heavy atom. The molecule has 3 aliphatic heterocycles. The van der Waals surface area contributed by atoms with Gasteiger partial charge in [-0.05, 0) is 54.5 Å². The average molecular weight is 511 g/mol. The van der Waals surface area contributed by atoms with Crippen molar-refractivity contribution in [2.75, 3.05) is 39.4 Å². The quantitative estimate of drug-likeness (QED) is 0.408.